The Kier molecular flexibility index (Phi) is 1.96. The zero-order valence-corrected chi connectivity index (χ0v) is 9.10. The van der Waals surface area contributed by atoms with Gasteiger partial charge >= 0.3 is 0 Å². The summed E-state index contributed by atoms with van der Waals surface area (Å²) in [5, 5.41) is 8.16. The summed E-state index contributed by atoms with van der Waals surface area (Å²) in [6.07, 6.45) is 2.19. The zero-order chi connectivity index (χ0) is 11.1. The first-order valence-electron chi connectivity index (χ1n) is 5.48. The number of nitrogens with zero attached hydrogens (tertiary/aromatic N) is 2. The highest BCUT2D eigenvalue weighted by Gasteiger charge is 2.25. The molecule has 4 heteroatoms. The van der Waals surface area contributed by atoms with Crippen LogP contribution in [0.15, 0.2) is 24.3 Å². The molecule has 0 radical (unpaired) electrons. The predicted molar refractivity (Wildman–Crippen MR) is 61.2 cm³/mol. The van der Waals surface area contributed by atoms with Crippen molar-refractivity contribution in [2.24, 2.45) is 7.05 Å². The van der Waals surface area contributed by atoms with E-state index in [1.165, 1.54) is 0 Å². The van der Waals surface area contributed by atoms with Gasteiger partial charge in [0.15, 0.2) is 5.69 Å². The number of carbonyl (C=O) groups excluding carboxylic acids is 1. The van der Waals surface area contributed by atoms with Crippen LogP contribution in [0.2, 0.25) is 0 Å². The van der Waals surface area contributed by atoms with Gasteiger partial charge in [0.25, 0.3) is 5.91 Å². The molecule has 1 heterocycles. The van der Waals surface area contributed by atoms with E-state index in [1.807, 2.05) is 31.3 Å². The van der Waals surface area contributed by atoms with Crippen molar-refractivity contribution in [1.82, 2.24) is 15.1 Å². The summed E-state index contributed by atoms with van der Waals surface area (Å²) in [6.45, 7) is 0. The average molecular weight is 215 g/mol. The Labute approximate surface area is 93.3 Å². The van der Waals surface area contributed by atoms with Gasteiger partial charge in [-0.25, -0.2) is 0 Å². The summed E-state index contributed by atoms with van der Waals surface area (Å²) >= 11 is 0. The lowest BCUT2D eigenvalue weighted by Crippen LogP contribution is -2.26. The highest BCUT2D eigenvalue weighted by atomic mass is 16.2. The third kappa shape index (κ3) is 1.46. The molecule has 0 spiro atoms. The summed E-state index contributed by atoms with van der Waals surface area (Å²) in [5.74, 6) is -0.0562. The number of nitrogens with one attached hydrogen (secondary N) is 1. The molecule has 1 N–H and O–H groups in total. The van der Waals surface area contributed by atoms with Gasteiger partial charge < -0.3 is 5.32 Å². The fourth-order valence-electron chi connectivity index (χ4n) is 1.86. The van der Waals surface area contributed by atoms with Crippen LogP contribution in [0.25, 0.3) is 10.9 Å². The minimum Gasteiger partial charge on any atom is -0.348 e. The molecule has 2 aromatic rings. The van der Waals surface area contributed by atoms with E-state index in [2.05, 4.69) is 10.4 Å². The summed E-state index contributed by atoms with van der Waals surface area (Å²) < 4.78 is 1.75. The molecule has 1 aromatic heterocycles. The van der Waals surface area contributed by atoms with E-state index in [4.69, 9.17) is 0 Å². The van der Waals surface area contributed by atoms with Crippen molar-refractivity contribution < 1.29 is 4.79 Å². The van der Waals surface area contributed by atoms with Gasteiger partial charge in [-0.1, -0.05) is 18.2 Å². The summed E-state index contributed by atoms with van der Waals surface area (Å²) in [4.78, 5) is 11.9. The fraction of sp³-hybridized carbons (Fsp3) is 0.333. The van der Waals surface area contributed by atoms with Gasteiger partial charge in [-0.3, -0.25) is 9.48 Å². The predicted octanol–water partition coefficient (Wildman–Crippen LogP) is 1.47. The van der Waals surface area contributed by atoms with Crippen molar-refractivity contribution >= 4 is 16.8 Å². The Morgan fingerprint density at radius 3 is 2.94 bits per heavy atom. The first-order chi connectivity index (χ1) is 7.75. The van der Waals surface area contributed by atoms with Crippen LogP contribution in [0.1, 0.15) is 23.3 Å². The number of hydrogen-bond acceptors (Lipinski definition) is 2. The molecule has 0 saturated heterocycles. The molecule has 3 rings (SSSR count). The van der Waals surface area contributed by atoms with Crippen LogP contribution in [0.3, 0.4) is 0 Å². The van der Waals surface area contributed by atoms with E-state index < -0.39 is 0 Å². The molecule has 1 fully saturated rings. The van der Waals surface area contributed by atoms with Crippen LogP contribution in [0, 0.1) is 0 Å². The van der Waals surface area contributed by atoms with E-state index >= 15 is 0 Å². The normalized spacial score (nSPS) is 15.3. The Morgan fingerprint density at radius 1 is 1.44 bits per heavy atom. The smallest absolute Gasteiger partial charge is 0.272 e. The maximum absolute atomic E-state index is 11.9. The Morgan fingerprint density at radius 2 is 2.19 bits per heavy atom. The Bertz CT molecular complexity index is 554. The minimum atomic E-state index is -0.0562. The number of benzene rings is 1. The minimum absolute atomic E-state index is 0.0562. The van der Waals surface area contributed by atoms with Crippen LogP contribution >= 0.6 is 0 Å². The van der Waals surface area contributed by atoms with Crippen molar-refractivity contribution in [3.05, 3.63) is 30.0 Å². The van der Waals surface area contributed by atoms with Crippen LogP contribution in [0.5, 0.6) is 0 Å². The number of para-hydroxylation sites is 1. The number of aromatic nitrogens is 2. The number of amides is 1. The maximum Gasteiger partial charge on any atom is 0.272 e. The maximum atomic E-state index is 11.9. The molecular formula is C12H13N3O. The number of hydrogen-bond donors (Lipinski definition) is 1. The molecule has 1 aromatic carbocycles. The topological polar surface area (TPSA) is 46.9 Å². The van der Waals surface area contributed by atoms with Crippen molar-refractivity contribution in [1.29, 1.82) is 0 Å². The number of fused-ring (bicyclic) bond motifs is 1. The Hall–Kier alpha value is -1.84. The molecule has 16 heavy (non-hydrogen) atoms. The van der Waals surface area contributed by atoms with E-state index in [0.29, 0.717) is 11.7 Å². The van der Waals surface area contributed by atoms with E-state index in [9.17, 15) is 4.79 Å². The molecule has 1 amide bonds. The number of rotatable bonds is 2. The monoisotopic (exact) mass is 215 g/mol. The standard InChI is InChI=1S/C12H13N3O/c1-15-10-5-3-2-4-9(10)11(14-15)12(16)13-8-6-7-8/h2-5,8H,6-7H2,1H3,(H,13,16). The third-order valence-electron chi connectivity index (χ3n) is 2.89. The van der Waals surface area contributed by atoms with Crippen LogP contribution in [-0.4, -0.2) is 21.7 Å². The van der Waals surface area contributed by atoms with Gasteiger partial charge in [-0.05, 0) is 18.9 Å². The van der Waals surface area contributed by atoms with Crippen LogP contribution < -0.4 is 5.32 Å². The number of carbonyl (C=O) groups is 1. The Balaban J connectivity index is 2.05. The van der Waals surface area contributed by atoms with E-state index in [1.54, 1.807) is 4.68 Å². The van der Waals surface area contributed by atoms with Crippen molar-refractivity contribution in [2.45, 2.75) is 18.9 Å². The van der Waals surface area contributed by atoms with Crippen LogP contribution in [-0.2, 0) is 7.05 Å². The first kappa shape index (κ1) is 9.39. The lowest BCUT2D eigenvalue weighted by atomic mass is 10.2. The second-order valence-corrected chi connectivity index (χ2v) is 4.24. The summed E-state index contributed by atoms with van der Waals surface area (Å²) in [7, 11) is 1.86. The molecule has 1 saturated carbocycles. The molecule has 0 aliphatic heterocycles. The van der Waals surface area contributed by atoms with Gasteiger partial charge in [0.05, 0.1) is 5.52 Å². The van der Waals surface area contributed by atoms with Crippen LogP contribution in [0.4, 0.5) is 0 Å². The highest BCUT2D eigenvalue weighted by Crippen LogP contribution is 2.21. The average Bonchev–Trinajstić information content (AvgIpc) is 3.03. The second kappa shape index (κ2) is 3.33. The number of aryl methyl sites for hydroxylation is 1. The third-order valence-corrected chi connectivity index (χ3v) is 2.89. The molecular weight excluding hydrogens is 202 g/mol. The largest absolute Gasteiger partial charge is 0.348 e. The molecule has 4 nitrogen and oxygen atoms in total. The van der Waals surface area contributed by atoms with Crippen molar-refractivity contribution in [2.75, 3.05) is 0 Å². The van der Waals surface area contributed by atoms with Gasteiger partial charge in [0, 0.05) is 18.5 Å². The van der Waals surface area contributed by atoms with E-state index in [0.717, 1.165) is 23.7 Å². The SMILES string of the molecule is Cn1nc(C(=O)NC2CC2)c2ccccc21. The molecule has 0 atom stereocenters. The van der Waals surface area contributed by atoms with E-state index in [-0.39, 0.29) is 5.91 Å². The highest BCUT2D eigenvalue weighted by molar-refractivity contribution is 6.05. The molecule has 0 unspecified atom stereocenters. The second-order valence-electron chi connectivity index (χ2n) is 4.24. The summed E-state index contributed by atoms with van der Waals surface area (Å²) in [6, 6.07) is 8.15. The lowest BCUT2D eigenvalue weighted by molar-refractivity contribution is 0.0947. The molecule has 1 aliphatic carbocycles. The molecule has 82 valence electrons. The van der Waals surface area contributed by atoms with Gasteiger partial charge in [0.1, 0.15) is 0 Å². The zero-order valence-electron chi connectivity index (χ0n) is 9.10. The van der Waals surface area contributed by atoms with Crippen molar-refractivity contribution in [3.8, 4) is 0 Å². The molecule has 1 aliphatic rings. The van der Waals surface area contributed by atoms with Gasteiger partial charge in [-0.15, -0.1) is 0 Å². The first-order valence-corrected chi connectivity index (χ1v) is 5.48. The summed E-state index contributed by atoms with van der Waals surface area (Å²) in [5.41, 5.74) is 1.52. The lowest BCUT2D eigenvalue weighted by Gasteiger charge is -1.99. The van der Waals surface area contributed by atoms with Crippen molar-refractivity contribution in [3.63, 3.8) is 0 Å². The van der Waals surface area contributed by atoms with Gasteiger partial charge in [-0.2, -0.15) is 5.10 Å². The quantitative estimate of drug-likeness (QED) is 0.824. The molecule has 0 bridgehead atoms. The fourth-order valence-corrected chi connectivity index (χ4v) is 1.86. The van der Waals surface area contributed by atoms with Gasteiger partial charge in [0.2, 0.25) is 0 Å².